The molecule has 2 aromatic rings. The minimum atomic E-state index is -0.0618. The van der Waals surface area contributed by atoms with Crippen LogP contribution >= 0.6 is 0 Å². The van der Waals surface area contributed by atoms with Crippen LogP contribution in [0.2, 0.25) is 0 Å². The van der Waals surface area contributed by atoms with Crippen molar-refractivity contribution >= 4 is 23.4 Å². The first kappa shape index (κ1) is 30.5. The monoisotopic (exact) mass is 567 g/mol. The number of benzene rings is 1. The van der Waals surface area contributed by atoms with Gasteiger partial charge in [-0.05, 0) is 50.3 Å². The van der Waals surface area contributed by atoms with Gasteiger partial charge in [-0.1, -0.05) is 12.1 Å². The second-order valence-corrected chi connectivity index (χ2v) is 10.5. The smallest absolute Gasteiger partial charge is 0.250 e. The Kier molecular flexibility index (Phi) is 12.0. The Labute approximate surface area is 243 Å². The van der Waals surface area contributed by atoms with Gasteiger partial charge in [-0.3, -0.25) is 4.79 Å². The third kappa shape index (κ3) is 9.58. The van der Waals surface area contributed by atoms with E-state index < -0.39 is 0 Å². The molecule has 4 N–H and O–H groups in total. The third-order valence-corrected chi connectivity index (χ3v) is 7.39. The predicted octanol–water partition coefficient (Wildman–Crippen LogP) is 2.49. The molecule has 2 aliphatic heterocycles. The number of carbonyl (C=O) groups excluding carboxylic acids is 1. The largest absolute Gasteiger partial charge is 0.499 e. The number of carbonyl (C=O) groups is 1. The lowest BCUT2D eigenvalue weighted by atomic mass is 10.0. The molecule has 2 fully saturated rings. The summed E-state index contributed by atoms with van der Waals surface area (Å²) in [6.07, 6.45) is 7.11. The molecule has 11 nitrogen and oxygen atoms in total. The topological polar surface area (TPSA) is 132 Å². The molecule has 2 saturated heterocycles. The predicted molar refractivity (Wildman–Crippen MR) is 161 cm³/mol. The molecule has 11 heteroatoms. The lowest BCUT2D eigenvalue weighted by Crippen LogP contribution is -2.47. The number of piperidine rings is 1. The number of ether oxygens (including phenoxy) is 3. The van der Waals surface area contributed by atoms with E-state index in [1.54, 1.807) is 0 Å². The molecule has 0 bridgehead atoms. The van der Waals surface area contributed by atoms with Crippen molar-refractivity contribution in [2.75, 3.05) is 81.3 Å². The fourth-order valence-corrected chi connectivity index (χ4v) is 5.34. The van der Waals surface area contributed by atoms with Gasteiger partial charge in [0.05, 0.1) is 32.7 Å². The summed E-state index contributed by atoms with van der Waals surface area (Å²) in [5.41, 5.74) is 14.5. The zero-order chi connectivity index (χ0) is 28.9. The minimum Gasteiger partial charge on any atom is -0.499 e. The second kappa shape index (κ2) is 16.1. The summed E-state index contributed by atoms with van der Waals surface area (Å²) < 4.78 is 16.3. The highest BCUT2D eigenvalue weighted by atomic mass is 16.5. The molecule has 0 atom stereocenters. The summed E-state index contributed by atoms with van der Waals surface area (Å²) in [6, 6.07) is 10.6. The molecule has 0 aliphatic carbocycles. The van der Waals surface area contributed by atoms with Crippen LogP contribution in [0, 0.1) is 6.92 Å². The number of hydrogen-bond donors (Lipinski definition) is 2. The van der Waals surface area contributed by atoms with E-state index in [1.165, 1.54) is 30.9 Å². The lowest BCUT2D eigenvalue weighted by molar-refractivity contribution is -0.129. The maximum atomic E-state index is 13.5. The van der Waals surface area contributed by atoms with Crippen LogP contribution in [0.1, 0.15) is 36.9 Å². The van der Waals surface area contributed by atoms with Crippen molar-refractivity contribution in [2.45, 2.75) is 45.2 Å². The summed E-state index contributed by atoms with van der Waals surface area (Å²) in [5, 5.41) is 0. The van der Waals surface area contributed by atoms with Crippen molar-refractivity contribution < 1.29 is 19.0 Å². The zero-order valence-corrected chi connectivity index (χ0v) is 24.2. The van der Waals surface area contributed by atoms with Gasteiger partial charge in [0, 0.05) is 68.8 Å². The van der Waals surface area contributed by atoms with Gasteiger partial charge in [-0.2, -0.15) is 4.98 Å². The number of aromatic nitrogens is 2. The first-order chi connectivity index (χ1) is 20.0. The van der Waals surface area contributed by atoms with Crippen molar-refractivity contribution in [3.63, 3.8) is 0 Å². The minimum absolute atomic E-state index is 0.0618. The zero-order valence-electron chi connectivity index (χ0n) is 24.2. The number of rotatable bonds is 15. The van der Waals surface area contributed by atoms with E-state index in [4.69, 9.17) is 25.7 Å². The van der Waals surface area contributed by atoms with E-state index in [0.717, 1.165) is 56.1 Å². The van der Waals surface area contributed by atoms with Crippen molar-refractivity contribution in [3.8, 4) is 0 Å². The second-order valence-electron chi connectivity index (χ2n) is 10.5. The Bertz CT molecular complexity index is 1100. The number of aryl methyl sites for hydroxylation is 1. The van der Waals surface area contributed by atoms with Crippen LogP contribution in [0.15, 0.2) is 42.7 Å². The van der Waals surface area contributed by atoms with E-state index in [1.807, 2.05) is 17.9 Å². The van der Waals surface area contributed by atoms with Crippen molar-refractivity contribution in [2.24, 2.45) is 5.73 Å². The molecule has 3 heterocycles. The first-order valence-corrected chi connectivity index (χ1v) is 14.7. The average Bonchev–Trinajstić information content (AvgIpc) is 3.52. The molecule has 41 heavy (non-hydrogen) atoms. The fourth-order valence-electron chi connectivity index (χ4n) is 5.34. The van der Waals surface area contributed by atoms with E-state index in [2.05, 4.69) is 44.0 Å². The van der Waals surface area contributed by atoms with E-state index in [9.17, 15) is 4.79 Å². The van der Waals surface area contributed by atoms with E-state index in [0.29, 0.717) is 46.1 Å². The SMILES string of the molecule is Cc1cc(N2CCC(N(Cc3cccc(N4CCCC4)c3)C(=O)C=COCCOCCOCCN)CC2)nc(N)n1. The molecule has 1 aromatic heterocycles. The van der Waals surface area contributed by atoms with Crippen LogP contribution in [0.4, 0.5) is 17.5 Å². The Balaban J connectivity index is 1.36. The molecule has 1 amide bonds. The normalized spacial score (nSPS) is 16.0. The average molecular weight is 568 g/mol. The highest BCUT2D eigenvalue weighted by molar-refractivity contribution is 5.87. The number of nitrogens with two attached hydrogens (primary N) is 2. The summed E-state index contributed by atoms with van der Waals surface area (Å²) in [6.45, 7) is 8.99. The van der Waals surface area contributed by atoms with E-state index in [-0.39, 0.29) is 17.9 Å². The number of nitrogens with zero attached hydrogens (tertiary/aromatic N) is 5. The Morgan fingerprint density at radius 1 is 1.00 bits per heavy atom. The number of hydrogen-bond acceptors (Lipinski definition) is 10. The van der Waals surface area contributed by atoms with Gasteiger partial charge in [0.2, 0.25) is 11.9 Å². The molecule has 224 valence electrons. The summed E-state index contributed by atoms with van der Waals surface area (Å²) in [5.74, 6) is 1.06. The van der Waals surface area contributed by atoms with Gasteiger partial charge >= 0.3 is 0 Å². The molecule has 1 aromatic carbocycles. The van der Waals surface area contributed by atoms with Crippen molar-refractivity contribution in [1.29, 1.82) is 0 Å². The fraction of sp³-hybridized carbons (Fsp3) is 0.567. The molecular formula is C30H45N7O4. The lowest BCUT2D eigenvalue weighted by Gasteiger charge is -2.39. The Morgan fingerprint density at radius 2 is 1.73 bits per heavy atom. The highest BCUT2D eigenvalue weighted by Crippen LogP contribution is 2.26. The van der Waals surface area contributed by atoms with Gasteiger partial charge in [0.15, 0.2) is 0 Å². The number of anilines is 3. The number of nitrogen functional groups attached to an aromatic ring is 1. The molecule has 0 spiro atoms. The van der Waals surface area contributed by atoms with Crippen LogP contribution in [0.25, 0.3) is 0 Å². The summed E-state index contributed by atoms with van der Waals surface area (Å²) in [7, 11) is 0. The quantitative estimate of drug-likeness (QED) is 0.188. The van der Waals surface area contributed by atoms with Crippen LogP contribution in [0.5, 0.6) is 0 Å². The molecule has 0 unspecified atom stereocenters. The Hall–Kier alpha value is -3.41. The summed E-state index contributed by atoms with van der Waals surface area (Å²) in [4.78, 5) is 28.7. The van der Waals surface area contributed by atoms with Crippen LogP contribution in [-0.4, -0.2) is 92.6 Å². The molecule has 0 saturated carbocycles. The standard InChI is InChI=1S/C30H45N7O4/c1-24-21-28(34-30(32)33-24)36-13-7-26(8-14-36)37(23-25-5-4-6-27(22-25)35-11-2-3-12-35)29(38)9-15-39-17-19-41-20-18-40-16-10-31/h4-6,9,15,21-22,26H,2-3,7-8,10-14,16-20,23,31H2,1H3,(H2,32,33,34). The van der Waals surface area contributed by atoms with Gasteiger partial charge in [-0.25, -0.2) is 4.98 Å². The van der Waals surface area contributed by atoms with Gasteiger partial charge < -0.3 is 40.4 Å². The maximum absolute atomic E-state index is 13.5. The van der Waals surface area contributed by atoms with Gasteiger partial charge in [0.25, 0.3) is 0 Å². The van der Waals surface area contributed by atoms with Crippen molar-refractivity contribution in [1.82, 2.24) is 14.9 Å². The first-order valence-electron chi connectivity index (χ1n) is 14.7. The Morgan fingerprint density at radius 3 is 2.46 bits per heavy atom. The van der Waals surface area contributed by atoms with Crippen molar-refractivity contribution in [3.05, 3.63) is 53.9 Å². The third-order valence-electron chi connectivity index (χ3n) is 7.39. The molecule has 0 radical (unpaired) electrons. The molecular weight excluding hydrogens is 522 g/mol. The summed E-state index contributed by atoms with van der Waals surface area (Å²) >= 11 is 0. The van der Waals surface area contributed by atoms with E-state index >= 15 is 0 Å². The van der Waals surface area contributed by atoms with Gasteiger partial charge in [0.1, 0.15) is 12.4 Å². The molecule has 2 aliphatic rings. The van der Waals surface area contributed by atoms with Crippen LogP contribution in [0.3, 0.4) is 0 Å². The highest BCUT2D eigenvalue weighted by Gasteiger charge is 2.28. The van der Waals surface area contributed by atoms with Gasteiger partial charge in [-0.15, -0.1) is 0 Å². The van der Waals surface area contributed by atoms with Crippen LogP contribution < -0.4 is 21.3 Å². The van der Waals surface area contributed by atoms with Crippen LogP contribution in [-0.2, 0) is 25.5 Å². The maximum Gasteiger partial charge on any atom is 0.250 e. The molecule has 4 rings (SSSR count). The number of amides is 1.